The fourth-order valence-electron chi connectivity index (χ4n) is 2.26. The maximum Gasteiger partial charge on any atom is 0.270 e. The summed E-state index contributed by atoms with van der Waals surface area (Å²) in [6, 6.07) is 7.47. The Hall–Kier alpha value is -2.23. The van der Waals surface area contributed by atoms with E-state index in [0.29, 0.717) is 17.9 Å². The standard InChI is InChI=1S/C14H15N3O/c15-11-4-5-12-10(8-11)9-13(16-12)14(18)17-6-2-1-3-7-17/h1-2,4-5,8-9,16H,3,6-7,15H2. The lowest BCUT2D eigenvalue weighted by Gasteiger charge is -2.22. The second kappa shape index (κ2) is 4.22. The van der Waals surface area contributed by atoms with Crippen LogP contribution in [0, 0.1) is 0 Å². The second-order valence-electron chi connectivity index (χ2n) is 4.54. The number of hydrogen-bond donors (Lipinski definition) is 2. The number of hydrogen-bond acceptors (Lipinski definition) is 2. The average Bonchev–Trinajstić information content (AvgIpc) is 2.81. The van der Waals surface area contributed by atoms with Crippen molar-refractivity contribution in [2.24, 2.45) is 0 Å². The quantitative estimate of drug-likeness (QED) is 0.593. The van der Waals surface area contributed by atoms with Gasteiger partial charge in [0.1, 0.15) is 5.69 Å². The van der Waals surface area contributed by atoms with Crippen molar-refractivity contribution in [3.05, 3.63) is 42.1 Å². The zero-order chi connectivity index (χ0) is 12.5. The molecular weight excluding hydrogens is 226 g/mol. The first-order valence-electron chi connectivity index (χ1n) is 6.06. The van der Waals surface area contributed by atoms with Gasteiger partial charge in [-0.15, -0.1) is 0 Å². The molecule has 0 saturated carbocycles. The number of nitrogens with two attached hydrogens (primary N) is 1. The van der Waals surface area contributed by atoms with E-state index < -0.39 is 0 Å². The summed E-state index contributed by atoms with van der Waals surface area (Å²) in [6.07, 6.45) is 5.07. The van der Waals surface area contributed by atoms with Gasteiger partial charge in [-0.1, -0.05) is 12.2 Å². The Labute approximate surface area is 105 Å². The fraction of sp³-hybridized carbons (Fsp3) is 0.214. The minimum absolute atomic E-state index is 0.0501. The van der Waals surface area contributed by atoms with Gasteiger partial charge < -0.3 is 15.6 Å². The molecule has 4 heteroatoms. The van der Waals surface area contributed by atoms with E-state index in [-0.39, 0.29) is 5.91 Å². The van der Waals surface area contributed by atoms with Gasteiger partial charge >= 0.3 is 0 Å². The van der Waals surface area contributed by atoms with Crippen LogP contribution in [0.4, 0.5) is 5.69 Å². The van der Waals surface area contributed by atoms with Gasteiger partial charge in [-0.05, 0) is 30.7 Å². The SMILES string of the molecule is Nc1ccc2[nH]c(C(=O)N3CC=CCC3)cc2c1. The van der Waals surface area contributed by atoms with Crippen LogP contribution in [-0.4, -0.2) is 28.9 Å². The lowest BCUT2D eigenvalue weighted by atomic mass is 10.2. The van der Waals surface area contributed by atoms with Gasteiger partial charge in [-0.25, -0.2) is 0 Å². The smallest absolute Gasteiger partial charge is 0.270 e. The Kier molecular flexibility index (Phi) is 2.55. The highest BCUT2D eigenvalue weighted by molar-refractivity contribution is 5.98. The number of H-pyrrole nitrogens is 1. The summed E-state index contributed by atoms with van der Waals surface area (Å²) in [7, 11) is 0. The zero-order valence-corrected chi connectivity index (χ0v) is 10.0. The van der Waals surface area contributed by atoms with E-state index >= 15 is 0 Å². The van der Waals surface area contributed by atoms with Crippen LogP contribution >= 0.6 is 0 Å². The normalized spacial score (nSPS) is 15.2. The Morgan fingerprint density at radius 3 is 2.94 bits per heavy atom. The number of aromatic nitrogens is 1. The molecule has 0 saturated heterocycles. The molecule has 1 aromatic heterocycles. The number of nitrogens with zero attached hydrogens (tertiary/aromatic N) is 1. The highest BCUT2D eigenvalue weighted by Crippen LogP contribution is 2.19. The molecule has 92 valence electrons. The summed E-state index contributed by atoms with van der Waals surface area (Å²) >= 11 is 0. The lowest BCUT2D eigenvalue weighted by Crippen LogP contribution is -2.33. The van der Waals surface area contributed by atoms with Gasteiger partial charge in [0.25, 0.3) is 5.91 Å². The molecule has 4 nitrogen and oxygen atoms in total. The molecule has 0 bridgehead atoms. The molecule has 3 rings (SSSR count). The van der Waals surface area contributed by atoms with E-state index in [4.69, 9.17) is 5.73 Å². The zero-order valence-electron chi connectivity index (χ0n) is 10.0. The third-order valence-corrected chi connectivity index (χ3v) is 3.22. The molecular formula is C14H15N3O. The lowest BCUT2D eigenvalue weighted by molar-refractivity contribution is 0.0766. The maximum atomic E-state index is 12.3. The predicted octanol–water partition coefficient (Wildman–Crippen LogP) is 2.15. The number of anilines is 1. The molecule has 2 aromatic rings. The molecule has 1 aromatic carbocycles. The highest BCUT2D eigenvalue weighted by Gasteiger charge is 2.17. The van der Waals surface area contributed by atoms with Crippen LogP contribution < -0.4 is 5.73 Å². The molecule has 0 spiro atoms. The predicted molar refractivity (Wildman–Crippen MR) is 72.4 cm³/mol. The molecule has 0 fully saturated rings. The van der Waals surface area contributed by atoms with Gasteiger partial charge in [-0.3, -0.25) is 4.79 Å². The van der Waals surface area contributed by atoms with Crippen molar-refractivity contribution in [2.45, 2.75) is 6.42 Å². The van der Waals surface area contributed by atoms with Crippen molar-refractivity contribution >= 4 is 22.5 Å². The average molecular weight is 241 g/mol. The summed E-state index contributed by atoms with van der Waals surface area (Å²) < 4.78 is 0. The van der Waals surface area contributed by atoms with Crippen molar-refractivity contribution in [1.29, 1.82) is 0 Å². The molecule has 0 aliphatic carbocycles. The van der Waals surface area contributed by atoms with E-state index in [1.165, 1.54) is 0 Å². The molecule has 18 heavy (non-hydrogen) atoms. The van der Waals surface area contributed by atoms with Crippen LogP contribution in [0.1, 0.15) is 16.9 Å². The summed E-state index contributed by atoms with van der Waals surface area (Å²) in [5.41, 5.74) is 8.02. The van der Waals surface area contributed by atoms with Crippen LogP contribution in [0.5, 0.6) is 0 Å². The van der Waals surface area contributed by atoms with Crippen molar-refractivity contribution < 1.29 is 4.79 Å². The Balaban J connectivity index is 1.94. The van der Waals surface area contributed by atoms with E-state index in [9.17, 15) is 4.79 Å². The maximum absolute atomic E-state index is 12.3. The highest BCUT2D eigenvalue weighted by atomic mass is 16.2. The topological polar surface area (TPSA) is 62.1 Å². The van der Waals surface area contributed by atoms with Crippen molar-refractivity contribution in [2.75, 3.05) is 18.8 Å². The van der Waals surface area contributed by atoms with Crippen LogP contribution in [0.25, 0.3) is 10.9 Å². The molecule has 1 aliphatic rings. The monoisotopic (exact) mass is 241 g/mol. The number of rotatable bonds is 1. The van der Waals surface area contributed by atoms with Crippen molar-refractivity contribution in [1.82, 2.24) is 9.88 Å². The van der Waals surface area contributed by atoms with Gasteiger partial charge in [0, 0.05) is 29.7 Å². The van der Waals surface area contributed by atoms with Gasteiger partial charge in [-0.2, -0.15) is 0 Å². The van der Waals surface area contributed by atoms with Gasteiger partial charge in [0.15, 0.2) is 0 Å². The fourth-order valence-corrected chi connectivity index (χ4v) is 2.26. The molecule has 2 heterocycles. The second-order valence-corrected chi connectivity index (χ2v) is 4.54. The van der Waals surface area contributed by atoms with Crippen molar-refractivity contribution in [3.8, 4) is 0 Å². The summed E-state index contributed by atoms with van der Waals surface area (Å²) in [4.78, 5) is 17.3. The number of carbonyl (C=O) groups is 1. The first-order chi connectivity index (χ1) is 8.74. The van der Waals surface area contributed by atoms with E-state index in [1.54, 1.807) is 0 Å². The van der Waals surface area contributed by atoms with Gasteiger partial charge in [0.05, 0.1) is 0 Å². The number of fused-ring (bicyclic) bond motifs is 1. The Bertz CT molecular complexity index is 627. The Morgan fingerprint density at radius 2 is 2.17 bits per heavy atom. The van der Waals surface area contributed by atoms with E-state index in [2.05, 4.69) is 11.1 Å². The number of nitrogens with one attached hydrogen (secondary N) is 1. The van der Waals surface area contributed by atoms with Crippen molar-refractivity contribution in [3.63, 3.8) is 0 Å². The van der Waals surface area contributed by atoms with Crippen LogP contribution in [0.15, 0.2) is 36.4 Å². The molecule has 0 atom stereocenters. The molecule has 1 aliphatic heterocycles. The number of carbonyl (C=O) groups excluding carboxylic acids is 1. The minimum atomic E-state index is 0.0501. The van der Waals surface area contributed by atoms with Crippen LogP contribution in [-0.2, 0) is 0 Å². The summed E-state index contributed by atoms with van der Waals surface area (Å²) in [6.45, 7) is 1.48. The number of aromatic amines is 1. The third-order valence-electron chi connectivity index (χ3n) is 3.22. The largest absolute Gasteiger partial charge is 0.399 e. The first-order valence-corrected chi connectivity index (χ1v) is 6.06. The number of benzene rings is 1. The van der Waals surface area contributed by atoms with Crippen LogP contribution in [0.2, 0.25) is 0 Å². The molecule has 1 amide bonds. The summed E-state index contributed by atoms with van der Waals surface area (Å²) in [5, 5.41) is 0.978. The number of amides is 1. The van der Waals surface area contributed by atoms with Crippen LogP contribution in [0.3, 0.4) is 0 Å². The number of nitrogen functional groups attached to an aromatic ring is 1. The third kappa shape index (κ3) is 1.86. The molecule has 3 N–H and O–H groups in total. The van der Waals surface area contributed by atoms with Gasteiger partial charge in [0.2, 0.25) is 0 Å². The van der Waals surface area contributed by atoms with E-state index in [1.807, 2.05) is 35.2 Å². The van der Waals surface area contributed by atoms with E-state index in [0.717, 1.165) is 23.9 Å². The Morgan fingerprint density at radius 1 is 1.28 bits per heavy atom. The first kappa shape index (κ1) is 10.9. The minimum Gasteiger partial charge on any atom is -0.399 e. The molecule has 0 unspecified atom stereocenters. The molecule has 0 radical (unpaired) electrons. The summed E-state index contributed by atoms with van der Waals surface area (Å²) in [5.74, 6) is 0.0501.